The molecule has 1 aliphatic rings. The molecule has 0 amide bonds. The Morgan fingerprint density at radius 2 is 1.94 bits per heavy atom. The molecule has 2 aromatic carbocycles. The molecule has 2 atom stereocenters. The molecule has 0 spiro atoms. The first-order chi connectivity index (χ1) is 16.8. The molecule has 1 aliphatic heterocycles. The van der Waals surface area contributed by atoms with Crippen LogP contribution in [0.4, 0.5) is 24.7 Å². The molecule has 0 radical (unpaired) electrons. The molecule has 0 aliphatic carbocycles. The van der Waals surface area contributed by atoms with Crippen molar-refractivity contribution >= 4 is 46.5 Å². The molecule has 0 bridgehead atoms. The average Bonchev–Trinajstić information content (AvgIpc) is 3.26. The van der Waals surface area contributed by atoms with E-state index in [2.05, 4.69) is 20.6 Å². The maximum absolute atomic E-state index is 13.5. The number of aryl methyl sites for hydroxylation is 1. The van der Waals surface area contributed by atoms with E-state index in [0.717, 1.165) is 12.5 Å². The molecular weight excluding hydrogens is 512 g/mol. The summed E-state index contributed by atoms with van der Waals surface area (Å²) in [5, 5.41) is 8.06. The Hall–Kier alpha value is -2.35. The van der Waals surface area contributed by atoms with Crippen LogP contribution in [-0.2, 0) is 15.5 Å². The van der Waals surface area contributed by atoms with Crippen LogP contribution in [0.5, 0.6) is 0 Å². The minimum absolute atomic E-state index is 0.0401. The summed E-state index contributed by atoms with van der Waals surface area (Å²) in [7, 11) is -2.81. The third kappa shape index (κ3) is 5.34. The minimum Gasteiger partial charge on any atom is -0.379 e. The number of ether oxygens (including phenoxy) is 1. The average molecular weight is 541 g/mol. The second kappa shape index (κ2) is 9.84. The van der Waals surface area contributed by atoms with Crippen molar-refractivity contribution in [3.05, 3.63) is 51.8 Å². The van der Waals surface area contributed by atoms with Crippen LogP contribution in [0.3, 0.4) is 0 Å². The number of nitrogens with one attached hydrogen (secondary N) is 2. The van der Waals surface area contributed by atoms with Crippen molar-refractivity contribution in [3.8, 4) is 0 Å². The van der Waals surface area contributed by atoms with Gasteiger partial charge in [0.15, 0.2) is 0 Å². The van der Waals surface area contributed by atoms with Crippen LogP contribution in [0.2, 0.25) is 5.02 Å². The highest BCUT2D eigenvalue weighted by atomic mass is 35.5. The number of hydrogen-bond acceptors (Lipinski definition) is 6. The van der Waals surface area contributed by atoms with E-state index >= 15 is 0 Å². The van der Waals surface area contributed by atoms with E-state index in [1.54, 1.807) is 33.2 Å². The number of fused-ring (bicyclic) bond motifs is 1. The Morgan fingerprint density at radius 1 is 1.22 bits per heavy atom. The van der Waals surface area contributed by atoms with Gasteiger partial charge in [0.25, 0.3) is 0 Å². The van der Waals surface area contributed by atoms with E-state index < -0.39 is 24.9 Å². The van der Waals surface area contributed by atoms with Crippen LogP contribution in [-0.4, -0.2) is 42.6 Å². The standard InChI is InChI=1S/C25H29ClF3N4O2P/c1-13-17(7-6-8-19(13)25(27,28)29)14(2)30-24-18-11-20(33-16-9-10-35-12-16)23(36(4,5)34)21(26)22(18)31-15(3)32-24/h6-8,11,14,16,33H,9-10,12H2,1-5H3,(H,30,31,32)/t14-,16?/m1/s1. The molecule has 3 aromatic rings. The molecule has 11 heteroatoms. The highest BCUT2D eigenvalue weighted by Crippen LogP contribution is 2.44. The van der Waals surface area contributed by atoms with E-state index in [4.69, 9.17) is 16.3 Å². The molecule has 1 aromatic heterocycles. The van der Waals surface area contributed by atoms with Gasteiger partial charge in [0.2, 0.25) is 0 Å². The molecular formula is C25H29ClF3N4O2P. The zero-order valence-corrected chi connectivity index (χ0v) is 22.4. The van der Waals surface area contributed by atoms with Crippen LogP contribution in [0.25, 0.3) is 10.9 Å². The summed E-state index contributed by atoms with van der Waals surface area (Å²) in [6.45, 7) is 9.42. The maximum atomic E-state index is 13.5. The Morgan fingerprint density at radius 3 is 2.56 bits per heavy atom. The van der Waals surface area contributed by atoms with Gasteiger partial charge in [-0.05, 0) is 63.8 Å². The molecule has 1 saturated heterocycles. The highest BCUT2D eigenvalue weighted by molar-refractivity contribution is 7.70. The third-order valence-electron chi connectivity index (χ3n) is 6.35. The fourth-order valence-corrected chi connectivity index (χ4v) is 6.80. The van der Waals surface area contributed by atoms with Crippen molar-refractivity contribution in [3.63, 3.8) is 0 Å². The summed E-state index contributed by atoms with van der Waals surface area (Å²) in [5.41, 5.74) is 1.05. The summed E-state index contributed by atoms with van der Waals surface area (Å²) in [6, 6.07) is 5.52. The van der Waals surface area contributed by atoms with Crippen molar-refractivity contribution < 1.29 is 22.5 Å². The lowest BCUT2D eigenvalue weighted by Gasteiger charge is -2.24. The molecule has 2 N–H and O–H groups in total. The number of benzene rings is 2. The monoisotopic (exact) mass is 540 g/mol. The van der Waals surface area contributed by atoms with E-state index in [-0.39, 0.29) is 16.6 Å². The first-order valence-corrected chi connectivity index (χ1v) is 14.6. The number of halogens is 4. The number of hydrogen-bond donors (Lipinski definition) is 2. The zero-order chi connectivity index (χ0) is 26.4. The highest BCUT2D eigenvalue weighted by Gasteiger charge is 2.33. The van der Waals surface area contributed by atoms with Crippen molar-refractivity contribution in [2.24, 2.45) is 0 Å². The van der Waals surface area contributed by atoms with Gasteiger partial charge in [-0.15, -0.1) is 0 Å². The van der Waals surface area contributed by atoms with Crippen LogP contribution in [0.1, 0.15) is 41.9 Å². The van der Waals surface area contributed by atoms with Crippen LogP contribution in [0.15, 0.2) is 24.3 Å². The van der Waals surface area contributed by atoms with Gasteiger partial charge in [0, 0.05) is 17.7 Å². The SMILES string of the molecule is Cc1nc(N[C@H](C)c2cccc(C(F)(F)F)c2C)c2cc(NC3CCOC3)c(P(C)(C)=O)c(Cl)c2n1. The predicted molar refractivity (Wildman–Crippen MR) is 139 cm³/mol. The van der Waals surface area contributed by atoms with Gasteiger partial charge in [-0.2, -0.15) is 13.2 Å². The summed E-state index contributed by atoms with van der Waals surface area (Å²) in [5.74, 6) is 0.862. The first-order valence-electron chi connectivity index (χ1n) is 11.6. The van der Waals surface area contributed by atoms with Gasteiger partial charge in [0.05, 0.1) is 40.1 Å². The third-order valence-corrected chi connectivity index (χ3v) is 8.39. The molecule has 194 valence electrons. The van der Waals surface area contributed by atoms with Gasteiger partial charge in [-0.3, -0.25) is 0 Å². The van der Waals surface area contributed by atoms with Gasteiger partial charge < -0.3 is 19.9 Å². The van der Waals surface area contributed by atoms with Crippen molar-refractivity contribution in [1.29, 1.82) is 0 Å². The molecule has 4 rings (SSSR count). The van der Waals surface area contributed by atoms with E-state index in [0.29, 0.717) is 52.3 Å². The van der Waals surface area contributed by atoms with Crippen LogP contribution < -0.4 is 15.9 Å². The second-order valence-corrected chi connectivity index (χ2v) is 13.1. The summed E-state index contributed by atoms with van der Waals surface area (Å²) in [4.78, 5) is 9.07. The number of aromatic nitrogens is 2. The lowest BCUT2D eigenvalue weighted by atomic mass is 9.97. The van der Waals surface area contributed by atoms with E-state index in [1.807, 2.05) is 6.07 Å². The molecule has 36 heavy (non-hydrogen) atoms. The van der Waals surface area contributed by atoms with E-state index in [1.165, 1.54) is 13.0 Å². The van der Waals surface area contributed by atoms with Crippen molar-refractivity contribution in [1.82, 2.24) is 9.97 Å². The number of alkyl halides is 3. The fraction of sp³-hybridized carbons (Fsp3) is 0.440. The lowest BCUT2D eigenvalue weighted by molar-refractivity contribution is -0.138. The topological polar surface area (TPSA) is 76.1 Å². The first kappa shape index (κ1) is 26.7. The van der Waals surface area contributed by atoms with Gasteiger partial charge >= 0.3 is 6.18 Å². The number of anilines is 2. The lowest BCUT2D eigenvalue weighted by Crippen LogP contribution is -2.24. The minimum atomic E-state index is -4.44. The normalized spacial score (nSPS) is 17.4. The van der Waals surface area contributed by atoms with Gasteiger partial charge in [-0.25, -0.2) is 9.97 Å². The van der Waals surface area contributed by atoms with Crippen LogP contribution in [0, 0.1) is 13.8 Å². The molecule has 0 saturated carbocycles. The molecule has 6 nitrogen and oxygen atoms in total. The predicted octanol–water partition coefficient (Wildman–Crippen LogP) is 6.54. The van der Waals surface area contributed by atoms with Crippen LogP contribution >= 0.6 is 18.7 Å². The van der Waals surface area contributed by atoms with Crippen molar-refractivity contribution in [2.45, 2.75) is 45.5 Å². The fourth-order valence-electron chi connectivity index (χ4n) is 4.66. The number of nitrogens with zero attached hydrogens (tertiary/aromatic N) is 2. The quantitative estimate of drug-likeness (QED) is 0.346. The second-order valence-electron chi connectivity index (χ2n) is 9.54. The maximum Gasteiger partial charge on any atom is 0.416 e. The van der Waals surface area contributed by atoms with Crippen molar-refractivity contribution in [2.75, 3.05) is 37.2 Å². The smallest absolute Gasteiger partial charge is 0.379 e. The Kier molecular flexibility index (Phi) is 7.30. The molecule has 1 unspecified atom stereocenters. The Balaban J connectivity index is 1.83. The van der Waals surface area contributed by atoms with Gasteiger partial charge in [-0.1, -0.05) is 23.7 Å². The number of rotatable bonds is 6. The Bertz CT molecular complexity index is 1350. The van der Waals surface area contributed by atoms with Gasteiger partial charge in [0.1, 0.15) is 18.8 Å². The largest absolute Gasteiger partial charge is 0.416 e. The Labute approximate surface area is 213 Å². The summed E-state index contributed by atoms with van der Waals surface area (Å²) in [6.07, 6.45) is -3.64. The molecule has 2 heterocycles. The summed E-state index contributed by atoms with van der Waals surface area (Å²) >= 11 is 6.82. The zero-order valence-electron chi connectivity index (χ0n) is 20.8. The van der Waals surface area contributed by atoms with E-state index in [9.17, 15) is 17.7 Å². The molecule has 1 fully saturated rings. The summed E-state index contributed by atoms with van der Waals surface area (Å²) < 4.78 is 59.2.